The maximum absolute atomic E-state index is 11.8. The van der Waals surface area contributed by atoms with E-state index in [1.54, 1.807) is 24.3 Å². The second kappa shape index (κ2) is 8.52. The SMILES string of the molecule is Cc1ccccc1NC(=O)COC(=O)C=Cc1ccc(Cl)c(Cl)c1. The number of carbonyl (C=O) groups excluding carboxylic acids is 2. The first-order chi connectivity index (χ1) is 11.5. The van der Waals surface area contributed by atoms with Gasteiger partial charge < -0.3 is 10.1 Å². The fourth-order valence-corrected chi connectivity index (χ4v) is 2.17. The Morgan fingerprint density at radius 2 is 1.88 bits per heavy atom. The summed E-state index contributed by atoms with van der Waals surface area (Å²) >= 11 is 11.7. The van der Waals surface area contributed by atoms with Gasteiger partial charge in [-0.05, 0) is 42.3 Å². The minimum absolute atomic E-state index is 0.362. The predicted octanol–water partition coefficient (Wildman–Crippen LogP) is 4.50. The Kier molecular flexibility index (Phi) is 6.41. The van der Waals surface area contributed by atoms with Crippen LogP contribution in [-0.2, 0) is 14.3 Å². The lowest BCUT2D eigenvalue weighted by Gasteiger charge is -2.07. The average Bonchev–Trinajstić information content (AvgIpc) is 2.56. The van der Waals surface area contributed by atoms with E-state index >= 15 is 0 Å². The molecule has 6 heteroatoms. The van der Waals surface area contributed by atoms with Gasteiger partial charge in [0.2, 0.25) is 0 Å². The highest BCUT2D eigenvalue weighted by Gasteiger charge is 2.07. The molecular weight excluding hydrogens is 349 g/mol. The van der Waals surface area contributed by atoms with Crippen molar-refractivity contribution >= 4 is 46.8 Å². The quantitative estimate of drug-likeness (QED) is 0.628. The lowest BCUT2D eigenvalue weighted by atomic mass is 10.2. The Bertz CT molecular complexity index is 788. The molecule has 0 heterocycles. The number of rotatable bonds is 5. The largest absolute Gasteiger partial charge is 0.452 e. The summed E-state index contributed by atoms with van der Waals surface area (Å²) in [7, 11) is 0. The third-order valence-electron chi connectivity index (χ3n) is 3.12. The summed E-state index contributed by atoms with van der Waals surface area (Å²) in [4.78, 5) is 23.4. The van der Waals surface area contributed by atoms with Crippen molar-refractivity contribution in [1.82, 2.24) is 0 Å². The van der Waals surface area contributed by atoms with Gasteiger partial charge in [-0.3, -0.25) is 4.79 Å². The molecule has 2 aromatic carbocycles. The van der Waals surface area contributed by atoms with Crippen LogP contribution in [0.15, 0.2) is 48.5 Å². The Balaban J connectivity index is 1.84. The first-order valence-corrected chi connectivity index (χ1v) is 7.86. The summed E-state index contributed by atoms with van der Waals surface area (Å²) < 4.78 is 4.89. The summed E-state index contributed by atoms with van der Waals surface area (Å²) in [5.41, 5.74) is 2.31. The molecule has 4 nitrogen and oxygen atoms in total. The van der Waals surface area contributed by atoms with E-state index in [4.69, 9.17) is 27.9 Å². The van der Waals surface area contributed by atoms with Gasteiger partial charge >= 0.3 is 5.97 Å². The van der Waals surface area contributed by atoms with E-state index < -0.39 is 11.9 Å². The van der Waals surface area contributed by atoms with Gasteiger partial charge in [0, 0.05) is 11.8 Å². The highest BCUT2D eigenvalue weighted by atomic mass is 35.5. The topological polar surface area (TPSA) is 55.4 Å². The number of halogens is 2. The molecule has 0 saturated carbocycles. The van der Waals surface area contributed by atoms with Crippen LogP contribution in [0.4, 0.5) is 5.69 Å². The number of nitrogens with one attached hydrogen (secondary N) is 1. The van der Waals surface area contributed by atoms with Crippen molar-refractivity contribution in [2.75, 3.05) is 11.9 Å². The molecule has 2 aromatic rings. The molecule has 0 bridgehead atoms. The molecule has 2 rings (SSSR count). The van der Waals surface area contributed by atoms with Crippen LogP contribution in [0.2, 0.25) is 10.0 Å². The second-order valence-electron chi connectivity index (χ2n) is 4.98. The molecule has 0 aromatic heterocycles. The van der Waals surface area contributed by atoms with Crippen molar-refractivity contribution in [2.45, 2.75) is 6.92 Å². The minimum Gasteiger partial charge on any atom is -0.452 e. The lowest BCUT2D eigenvalue weighted by molar-refractivity contribution is -0.142. The Morgan fingerprint density at radius 1 is 1.12 bits per heavy atom. The van der Waals surface area contributed by atoms with E-state index in [0.29, 0.717) is 21.3 Å². The number of amides is 1. The summed E-state index contributed by atoms with van der Waals surface area (Å²) in [6.07, 6.45) is 2.75. The van der Waals surface area contributed by atoms with Gasteiger partial charge in [-0.15, -0.1) is 0 Å². The number of aryl methyl sites for hydroxylation is 1. The van der Waals surface area contributed by atoms with Gasteiger partial charge in [-0.1, -0.05) is 47.5 Å². The molecule has 0 aliphatic heterocycles. The molecule has 0 radical (unpaired) electrons. The van der Waals surface area contributed by atoms with E-state index in [0.717, 1.165) is 5.56 Å². The van der Waals surface area contributed by atoms with Crippen molar-refractivity contribution in [3.63, 3.8) is 0 Å². The number of benzene rings is 2. The number of carbonyl (C=O) groups is 2. The number of anilines is 1. The standard InChI is InChI=1S/C18H15Cl2NO3/c1-12-4-2-3-5-16(12)21-17(22)11-24-18(23)9-7-13-6-8-14(19)15(20)10-13/h2-10H,11H2,1H3,(H,21,22). The molecule has 124 valence electrons. The predicted molar refractivity (Wildman–Crippen MR) is 96.3 cm³/mol. The zero-order valence-corrected chi connectivity index (χ0v) is 14.4. The van der Waals surface area contributed by atoms with Crippen LogP contribution in [0.25, 0.3) is 6.08 Å². The molecule has 1 amide bonds. The second-order valence-corrected chi connectivity index (χ2v) is 5.79. The third-order valence-corrected chi connectivity index (χ3v) is 3.86. The van der Waals surface area contributed by atoms with Crippen molar-refractivity contribution in [3.8, 4) is 0 Å². The number of hydrogen-bond donors (Lipinski definition) is 1. The lowest BCUT2D eigenvalue weighted by Crippen LogP contribution is -2.20. The number of para-hydroxylation sites is 1. The van der Waals surface area contributed by atoms with Crippen LogP contribution in [-0.4, -0.2) is 18.5 Å². The summed E-state index contributed by atoms with van der Waals surface area (Å²) in [6, 6.07) is 12.3. The van der Waals surface area contributed by atoms with Gasteiger partial charge in [0.25, 0.3) is 5.91 Å². The van der Waals surface area contributed by atoms with Crippen molar-refractivity contribution < 1.29 is 14.3 Å². The van der Waals surface area contributed by atoms with Crippen molar-refractivity contribution in [3.05, 3.63) is 69.7 Å². The van der Waals surface area contributed by atoms with Crippen LogP contribution >= 0.6 is 23.2 Å². The molecule has 0 aliphatic carbocycles. The van der Waals surface area contributed by atoms with E-state index in [9.17, 15) is 9.59 Å². The van der Waals surface area contributed by atoms with E-state index in [-0.39, 0.29) is 6.61 Å². The smallest absolute Gasteiger partial charge is 0.331 e. The molecule has 0 saturated heterocycles. The molecule has 24 heavy (non-hydrogen) atoms. The van der Waals surface area contributed by atoms with E-state index in [1.807, 2.05) is 25.1 Å². The Hall–Kier alpha value is -2.30. The molecule has 0 spiro atoms. The maximum Gasteiger partial charge on any atom is 0.331 e. The van der Waals surface area contributed by atoms with Gasteiger partial charge in [-0.2, -0.15) is 0 Å². The average molecular weight is 364 g/mol. The van der Waals surface area contributed by atoms with Crippen LogP contribution in [0.1, 0.15) is 11.1 Å². The first kappa shape index (κ1) is 18.0. The number of ether oxygens (including phenoxy) is 1. The molecule has 0 atom stereocenters. The normalized spacial score (nSPS) is 10.6. The Labute approximate surface area is 150 Å². The molecule has 0 unspecified atom stereocenters. The summed E-state index contributed by atoms with van der Waals surface area (Å²) in [5, 5.41) is 3.51. The van der Waals surface area contributed by atoms with Crippen molar-refractivity contribution in [1.29, 1.82) is 0 Å². The van der Waals surface area contributed by atoms with Crippen LogP contribution in [0.3, 0.4) is 0 Å². The van der Waals surface area contributed by atoms with E-state index in [1.165, 1.54) is 12.2 Å². The maximum atomic E-state index is 11.8. The number of hydrogen-bond acceptors (Lipinski definition) is 3. The minimum atomic E-state index is -0.624. The highest BCUT2D eigenvalue weighted by Crippen LogP contribution is 2.23. The molecule has 0 aliphatic rings. The Morgan fingerprint density at radius 3 is 2.58 bits per heavy atom. The number of esters is 1. The van der Waals surface area contributed by atoms with Crippen molar-refractivity contribution in [2.24, 2.45) is 0 Å². The van der Waals surface area contributed by atoms with Gasteiger partial charge in [0.05, 0.1) is 10.0 Å². The van der Waals surface area contributed by atoms with Gasteiger partial charge in [-0.25, -0.2) is 4.79 Å². The van der Waals surface area contributed by atoms with Crippen LogP contribution in [0.5, 0.6) is 0 Å². The zero-order chi connectivity index (χ0) is 17.5. The molecule has 0 fully saturated rings. The molecular formula is C18H15Cl2NO3. The third kappa shape index (κ3) is 5.41. The fraction of sp³-hybridized carbons (Fsp3) is 0.111. The first-order valence-electron chi connectivity index (χ1n) is 7.11. The summed E-state index contributed by atoms with van der Waals surface area (Å²) in [6.45, 7) is 1.51. The van der Waals surface area contributed by atoms with Crippen LogP contribution in [0, 0.1) is 6.92 Å². The van der Waals surface area contributed by atoms with Gasteiger partial charge in [0.1, 0.15) is 0 Å². The molecule has 1 N–H and O–H groups in total. The highest BCUT2D eigenvalue weighted by molar-refractivity contribution is 6.42. The fourth-order valence-electron chi connectivity index (χ4n) is 1.86. The van der Waals surface area contributed by atoms with Gasteiger partial charge in [0.15, 0.2) is 6.61 Å². The zero-order valence-electron chi connectivity index (χ0n) is 12.9. The monoisotopic (exact) mass is 363 g/mol. The van der Waals surface area contributed by atoms with Crippen LogP contribution < -0.4 is 5.32 Å². The van der Waals surface area contributed by atoms with E-state index in [2.05, 4.69) is 5.32 Å². The summed E-state index contributed by atoms with van der Waals surface area (Å²) in [5.74, 6) is -1.03.